The van der Waals surface area contributed by atoms with Gasteiger partial charge in [0, 0.05) is 18.9 Å². The van der Waals surface area contributed by atoms with Gasteiger partial charge in [-0.2, -0.15) is 0 Å². The molecule has 2 atom stereocenters. The lowest BCUT2D eigenvalue weighted by Gasteiger charge is -2.21. The third kappa shape index (κ3) is 5.62. The van der Waals surface area contributed by atoms with Gasteiger partial charge in [0.05, 0.1) is 0 Å². The first-order valence-corrected chi connectivity index (χ1v) is 5.89. The minimum Gasteiger partial charge on any atom is -0.444 e. The average Bonchev–Trinajstić information content (AvgIpc) is 2.34. The first-order chi connectivity index (χ1) is 8.79. The molecule has 19 heavy (non-hydrogen) atoms. The van der Waals surface area contributed by atoms with E-state index in [0.717, 1.165) is 0 Å². The maximum atomic E-state index is 11.4. The summed E-state index contributed by atoms with van der Waals surface area (Å²) in [6.45, 7) is 5.04. The van der Waals surface area contributed by atoms with Gasteiger partial charge in [-0.25, -0.2) is 14.8 Å². The molecule has 0 saturated heterocycles. The molecule has 7 nitrogen and oxygen atoms in total. The zero-order valence-corrected chi connectivity index (χ0v) is 11.2. The van der Waals surface area contributed by atoms with Crippen LogP contribution in [0.25, 0.3) is 0 Å². The number of amides is 1. The number of carbonyl (C=O) groups excluding carboxylic acids is 1. The largest absolute Gasteiger partial charge is 0.444 e. The number of carbonyl (C=O) groups is 1. The molecule has 7 heteroatoms. The molecular formula is C12H19N3O4. The molecule has 1 heterocycles. The van der Waals surface area contributed by atoms with Crippen molar-refractivity contribution in [3.8, 4) is 0 Å². The molecule has 1 aromatic heterocycles. The van der Waals surface area contributed by atoms with Gasteiger partial charge in [0.15, 0.2) is 5.82 Å². The highest BCUT2D eigenvalue weighted by Gasteiger charge is 2.22. The molecule has 0 radical (unpaired) electrons. The van der Waals surface area contributed by atoms with Crippen molar-refractivity contribution in [1.82, 2.24) is 15.3 Å². The Balaban J connectivity index is 2.43. The second-order valence-corrected chi connectivity index (χ2v) is 5.00. The first-order valence-electron chi connectivity index (χ1n) is 5.89. The van der Waals surface area contributed by atoms with Crippen molar-refractivity contribution in [3.05, 3.63) is 24.3 Å². The zero-order chi connectivity index (χ0) is 14.5. The molecule has 1 rings (SSSR count). The Morgan fingerprint density at radius 3 is 2.47 bits per heavy atom. The molecule has 0 aromatic carbocycles. The minimum absolute atomic E-state index is 0.0981. The number of nitrogens with zero attached hydrogens (tertiary/aromatic N) is 2. The Morgan fingerprint density at radius 2 is 1.95 bits per heavy atom. The third-order valence-corrected chi connectivity index (χ3v) is 2.07. The van der Waals surface area contributed by atoms with Gasteiger partial charge in [-0.1, -0.05) is 0 Å². The summed E-state index contributed by atoms with van der Waals surface area (Å²) in [6.07, 6.45) is -0.224. The quantitative estimate of drug-likeness (QED) is 0.730. The fourth-order valence-corrected chi connectivity index (χ4v) is 1.25. The predicted octanol–water partition coefficient (Wildman–Crippen LogP) is 0.396. The Hall–Kier alpha value is -1.73. The Morgan fingerprint density at radius 1 is 1.37 bits per heavy atom. The third-order valence-electron chi connectivity index (χ3n) is 2.07. The molecule has 106 valence electrons. The van der Waals surface area contributed by atoms with Crippen molar-refractivity contribution in [3.63, 3.8) is 0 Å². The van der Waals surface area contributed by atoms with Gasteiger partial charge in [-0.15, -0.1) is 0 Å². The summed E-state index contributed by atoms with van der Waals surface area (Å²) in [4.78, 5) is 19.0. The van der Waals surface area contributed by atoms with Crippen LogP contribution < -0.4 is 5.32 Å². The predicted molar refractivity (Wildman–Crippen MR) is 67.2 cm³/mol. The molecule has 3 N–H and O–H groups in total. The highest BCUT2D eigenvalue weighted by Crippen LogP contribution is 2.11. The molecule has 0 aliphatic heterocycles. The van der Waals surface area contributed by atoms with Gasteiger partial charge in [0.25, 0.3) is 0 Å². The van der Waals surface area contributed by atoms with Gasteiger partial charge in [0.2, 0.25) is 0 Å². The van der Waals surface area contributed by atoms with E-state index in [1.807, 2.05) is 0 Å². The van der Waals surface area contributed by atoms with E-state index in [9.17, 15) is 15.0 Å². The van der Waals surface area contributed by atoms with Gasteiger partial charge in [-0.05, 0) is 26.8 Å². The molecular weight excluding hydrogens is 250 g/mol. The molecule has 1 amide bonds. The number of hydrogen-bond donors (Lipinski definition) is 3. The number of rotatable bonds is 4. The van der Waals surface area contributed by atoms with E-state index in [1.165, 1.54) is 12.4 Å². The van der Waals surface area contributed by atoms with Crippen molar-refractivity contribution in [2.75, 3.05) is 6.54 Å². The normalized spacial score (nSPS) is 14.6. The van der Waals surface area contributed by atoms with Crippen molar-refractivity contribution in [2.45, 2.75) is 38.6 Å². The van der Waals surface area contributed by atoms with E-state index in [-0.39, 0.29) is 12.4 Å². The number of nitrogens with one attached hydrogen (secondary N) is 1. The van der Waals surface area contributed by atoms with Crippen LogP contribution in [0.2, 0.25) is 0 Å². The fourth-order valence-electron chi connectivity index (χ4n) is 1.25. The molecule has 0 aliphatic carbocycles. The molecule has 0 bridgehead atoms. The molecule has 0 spiro atoms. The van der Waals surface area contributed by atoms with Crippen LogP contribution in [0.3, 0.4) is 0 Å². The lowest BCUT2D eigenvalue weighted by Crippen LogP contribution is -2.39. The van der Waals surface area contributed by atoms with Gasteiger partial charge in [0.1, 0.15) is 17.8 Å². The zero-order valence-electron chi connectivity index (χ0n) is 11.2. The van der Waals surface area contributed by atoms with Gasteiger partial charge >= 0.3 is 6.09 Å². The Bertz CT molecular complexity index is 405. The van der Waals surface area contributed by atoms with E-state index < -0.39 is 23.9 Å². The topological polar surface area (TPSA) is 105 Å². The summed E-state index contributed by atoms with van der Waals surface area (Å²) >= 11 is 0. The van der Waals surface area contributed by atoms with Crippen LogP contribution in [0.4, 0.5) is 4.79 Å². The van der Waals surface area contributed by atoms with Crippen molar-refractivity contribution in [2.24, 2.45) is 0 Å². The second-order valence-electron chi connectivity index (χ2n) is 5.00. The minimum atomic E-state index is -1.27. The Kier molecular flexibility index (Phi) is 5.20. The number of hydrogen-bond acceptors (Lipinski definition) is 6. The number of aliphatic hydroxyl groups excluding tert-OH is 2. The van der Waals surface area contributed by atoms with E-state index in [0.29, 0.717) is 0 Å². The first kappa shape index (κ1) is 15.3. The SMILES string of the molecule is CC(C)(C)OC(=O)NCC(O)C(O)c1ncccn1. The number of aliphatic hydroxyl groups is 2. The summed E-state index contributed by atoms with van der Waals surface area (Å²) < 4.78 is 5.00. The van der Waals surface area contributed by atoms with Crippen LogP contribution in [0, 0.1) is 0 Å². The number of aromatic nitrogens is 2. The maximum Gasteiger partial charge on any atom is 0.407 e. The second kappa shape index (κ2) is 6.44. The van der Waals surface area contributed by atoms with E-state index in [1.54, 1.807) is 26.8 Å². The van der Waals surface area contributed by atoms with Crippen molar-refractivity contribution in [1.29, 1.82) is 0 Å². The molecule has 2 unspecified atom stereocenters. The van der Waals surface area contributed by atoms with Crippen LogP contribution >= 0.6 is 0 Å². The van der Waals surface area contributed by atoms with Crippen molar-refractivity contribution >= 4 is 6.09 Å². The van der Waals surface area contributed by atoms with E-state index >= 15 is 0 Å². The van der Waals surface area contributed by atoms with Crippen LogP contribution in [0.1, 0.15) is 32.7 Å². The fraction of sp³-hybridized carbons (Fsp3) is 0.583. The maximum absolute atomic E-state index is 11.4. The summed E-state index contributed by atoms with van der Waals surface area (Å²) in [5, 5.41) is 21.8. The lowest BCUT2D eigenvalue weighted by molar-refractivity contribution is 0.00856. The molecule has 0 fully saturated rings. The molecule has 0 aliphatic rings. The average molecular weight is 269 g/mol. The summed E-state index contributed by atoms with van der Waals surface area (Å²) in [6, 6.07) is 1.60. The lowest BCUT2D eigenvalue weighted by atomic mass is 10.2. The van der Waals surface area contributed by atoms with Crippen LogP contribution in [-0.2, 0) is 4.74 Å². The standard InChI is InChI=1S/C12H19N3O4/c1-12(2,3)19-11(18)15-7-8(16)9(17)10-13-5-4-6-14-10/h4-6,8-9,16-17H,7H2,1-3H3,(H,15,18). The van der Waals surface area contributed by atoms with E-state index in [2.05, 4.69) is 15.3 Å². The van der Waals surface area contributed by atoms with Crippen LogP contribution in [0.15, 0.2) is 18.5 Å². The number of alkyl carbamates (subject to hydrolysis) is 1. The van der Waals surface area contributed by atoms with Crippen molar-refractivity contribution < 1.29 is 19.7 Å². The molecule has 0 saturated carbocycles. The smallest absolute Gasteiger partial charge is 0.407 e. The van der Waals surface area contributed by atoms with Crippen LogP contribution in [0.5, 0.6) is 0 Å². The molecule has 1 aromatic rings. The van der Waals surface area contributed by atoms with Gasteiger partial charge in [-0.3, -0.25) is 0 Å². The number of ether oxygens (including phenoxy) is 1. The van der Waals surface area contributed by atoms with E-state index in [4.69, 9.17) is 4.74 Å². The highest BCUT2D eigenvalue weighted by molar-refractivity contribution is 5.67. The summed E-state index contributed by atoms with van der Waals surface area (Å²) in [7, 11) is 0. The monoisotopic (exact) mass is 269 g/mol. The summed E-state index contributed by atoms with van der Waals surface area (Å²) in [5.74, 6) is 0.0981. The van der Waals surface area contributed by atoms with Crippen LogP contribution in [-0.4, -0.2) is 44.5 Å². The Labute approximate surface area is 111 Å². The van der Waals surface area contributed by atoms with Gasteiger partial charge < -0.3 is 20.3 Å². The summed E-state index contributed by atoms with van der Waals surface area (Å²) in [5.41, 5.74) is -0.615. The highest BCUT2D eigenvalue weighted by atomic mass is 16.6.